The highest BCUT2D eigenvalue weighted by Gasteiger charge is 2.22. The van der Waals surface area contributed by atoms with Gasteiger partial charge in [-0.15, -0.1) is 0 Å². The van der Waals surface area contributed by atoms with Crippen molar-refractivity contribution in [1.82, 2.24) is 10.3 Å². The number of furan rings is 1. The van der Waals surface area contributed by atoms with E-state index in [0.29, 0.717) is 5.92 Å². The molecule has 2 unspecified atom stereocenters. The van der Waals surface area contributed by atoms with Gasteiger partial charge in [-0.25, -0.2) is 0 Å². The summed E-state index contributed by atoms with van der Waals surface area (Å²) in [6.45, 7) is 7.20. The van der Waals surface area contributed by atoms with Crippen LogP contribution in [-0.2, 0) is 0 Å². The maximum absolute atomic E-state index is 5.42. The molecule has 2 aromatic heterocycles. The maximum atomic E-state index is 5.42. The van der Waals surface area contributed by atoms with Crippen LogP contribution in [0, 0.1) is 6.92 Å². The number of likely N-dealkylation sites (N-methyl/N-ethyl adjacent to an activating group) is 1. The normalized spacial score (nSPS) is 14.4. The molecule has 96 valence electrons. The van der Waals surface area contributed by atoms with Gasteiger partial charge in [0.2, 0.25) is 0 Å². The Hall–Kier alpha value is -1.61. The Morgan fingerprint density at radius 3 is 2.78 bits per heavy atom. The minimum absolute atomic E-state index is 0.238. The molecule has 0 saturated heterocycles. The van der Waals surface area contributed by atoms with Crippen molar-refractivity contribution in [3.63, 3.8) is 0 Å². The lowest BCUT2D eigenvalue weighted by atomic mass is 9.93. The lowest BCUT2D eigenvalue weighted by Gasteiger charge is -2.23. The zero-order chi connectivity index (χ0) is 13.0. The summed E-state index contributed by atoms with van der Waals surface area (Å²) in [6, 6.07) is 8.37. The average molecular weight is 244 g/mol. The first-order valence-electron chi connectivity index (χ1n) is 6.41. The molecule has 0 bridgehead atoms. The third-order valence-corrected chi connectivity index (χ3v) is 3.19. The SMILES string of the molecule is CCNC(c1coc(C)c1)C(C)c1ccccn1. The van der Waals surface area contributed by atoms with E-state index >= 15 is 0 Å². The van der Waals surface area contributed by atoms with Gasteiger partial charge < -0.3 is 9.73 Å². The minimum atomic E-state index is 0.238. The number of nitrogens with zero attached hydrogens (tertiary/aromatic N) is 1. The molecule has 0 aliphatic heterocycles. The summed E-state index contributed by atoms with van der Waals surface area (Å²) in [4.78, 5) is 4.44. The molecule has 1 N–H and O–H groups in total. The fraction of sp³-hybridized carbons (Fsp3) is 0.400. The van der Waals surface area contributed by atoms with Gasteiger partial charge >= 0.3 is 0 Å². The van der Waals surface area contributed by atoms with Gasteiger partial charge in [-0.3, -0.25) is 4.98 Å². The highest BCUT2D eigenvalue weighted by Crippen LogP contribution is 2.30. The molecule has 2 aromatic rings. The molecule has 2 heterocycles. The van der Waals surface area contributed by atoms with Crippen LogP contribution in [0.15, 0.2) is 41.1 Å². The van der Waals surface area contributed by atoms with Crippen molar-refractivity contribution >= 4 is 0 Å². The van der Waals surface area contributed by atoms with Crippen LogP contribution in [0.2, 0.25) is 0 Å². The Labute approximate surface area is 108 Å². The van der Waals surface area contributed by atoms with Crippen molar-refractivity contribution in [2.24, 2.45) is 0 Å². The van der Waals surface area contributed by atoms with E-state index < -0.39 is 0 Å². The zero-order valence-electron chi connectivity index (χ0n) is 11.2. The van der Waals surface area contributed by atoms with Crippen LogP contribution in [0.25, 0.3) is 0 Å². The molecule has 3 heteroatoms. The highest BCUT2D eigenvalue weighted by molar-refractivity contribution is 5.22. The molecule has 0 fully saturated rings. The number of rotatable bonds is 5. The second-order valence-electron chi connectivity index (χ2n) is 4.57. The molecule has 2 atom stereocenters. The standard InChI is InChI=1S/C15H20N2O/c1-4-16-15(13-9-11(2)18-10-13)12(3)14-7-5-6-8-17-14/h5-10,12,15-16H,4H2,1-3H3. The third kappa shape index (κ3) is 2.79. The van der Waals surface area contributed by atoms with Crippen LogP contribution in [0.5, 0.6) is 0 Å². The van der Waals surface area contributed by atoms with Crippen LogP contribution in [-0.4, -0.2) is 11.5 Å². The van der Waals surface area contributed by atoms with E-state index in [1.165, 1.54) is 5.56 Å². The maximum Gasteiger partial charge on any atom is 0.101 e. The van der Waals surface area contributed by atoms with Gasteiger partial charge in [-0.05, 0) is 31.7 Å². The van der Waals surface area contributed by atoms with Crippen molar-refractivity contribution < 1.29 is 4.42 Å². The van der Waals surface area contributed by atoms with E-state index in [2.05, 4.69) is 36.3 Å². The quantitative estimate of drug-likeness (QED) is 0.875. The van der Waals surface area contributed by atoms with E-state index in [1.54, 1.807) is 0 Å². The molecule has 0 radical (unpaired) electrons. The Morgan fingerprint density at radius 2 is 2.22 bits per heavy atom. The van der Waals surface area contributed by atoms with E-state index in [0.717, 1.165) is 18.0 Å². The molecule has 0 saturated carbocycles. The second-order valence-corrected chi connectivity index (χ2v) is 4.57. The number of hydrogen-bond donors (Lipinski definition) is 1. The van der Waals surface area contributed by atoms with Gasteiger partial charge in [0.15, 0.2) is 0 Å². The van der Waals surface area contributed by atoms with Gasteiger partial charge in [0.05, 0.1) is 6.26 Å². The fourth-order valence-electron chi connectivity index (χ4n) is 2.25. The lowest BCUT2D eigenvalue weighted by molar-refractivity contribution is 0.462. The summed E-state index contributed by atoms with van der Waals surface area (Å²) in [6.07, 6.45) is 3.68. The molecule has 0 spiro atoms. The number of aryl methyl sites for hydroxylation is 1. The first-order valence-corrected chi connectivity index (χ1v) is 6.41. The van der Waals surface area contributed by atoms with Crippen molar-refractivity contribution in [3.8, 4) is 0 Å². The zero-order valence-corrected chi connectivity index (χ0v) is 11.2. The van der Waals surface area contributed by atoms with Crippen molar-refractivity contribution in [2.45, 2.75) is 32.7 Å². The Kier molecular flexibility index (Phi) is 4.15. The molecule has 0 aliphatic carbocycles. The second kappa shape index (κ2) is 5.83. The predicted octanol–water partition coefficient (Wildman–Crippen LogP) is 3.44. The molecule has 18 heavy (non-hydrogen) atoms. The van der Waals surface area contributed by atoms with Crippen LogP contribution in [0.3, 0.4) is 0 Å². The van der Waals surface area contributed by atoms with Crippen molar-refractivity contribution in [1.29, 1.82) is 0 Å². The summed E-state index contributed by atoms with van der Waals surface area (Å²) in [7, 11) is 0. The molecule has 0 aromatic carbocycles. The number of pyridine rings is 1. The topological polar surface area (TPSA) is 38.1 Å². The van der Waals surface area contributed by atoms with E-state index in [9.17, 15) is 0 Å². The fourth-order valence-corrected chi connectivity index (χ4v) is 2.25. The largest absolute Gasteiger partial charge is 0.469 e. The van der Waals surface area contributed by atoms with Gasteiger partial charge in [0.1, 0.15) is 5.76 Å². The lowest BCUT2D eigenvalue weighted by Crippen LogP contribution is -2.25. The van der Waals surface area contributed by atoms with Crippen molar-refractivity contribution in [3.05, 3.63) is 53.7 Å². The van der Waals surface area contributed by atoms with Crippen molar-refractivity contribution in [2.75, 3.05) is 6.54 Å². The Morgan fingerprint density at radius 1 is 1.39 bits per heavy atom. The summed E-state index contributed by atoms with van der Waals surface area (Å²) >= 11 is 0. The molecule has 2 rings (SSSR count). The molecule has 0 aliphatic rings. The highest BCUT2D eigenvalue weighted by atomic mass is 16.3. The smallest absolute Gasteiger partial charge is 0.101 e. The number of aromatic nitrogens is 1. The van der Waals surface area contributed by atoms with Crippen LogP contribution >= 0.6 is 0 Å². The summed E-state index contributed by atoms with van der Waals surface area (Å²) < 4.78 is 5.42. The van der Waals surface area contributed by atoms with Gasteiger partial charge in [-0.1, -0.05) is 19.9 Å². The monoisotopic (exact) mass is 244 g/mol. The molecular weight excluding hydrogens is 224 g/mol. The molecule has 0 amide bonds. The Balaban J connectivity index is 2.25. The third-order valence-electron chi connectivity index (χ3n) is 3.19. The summed E-state index contributed by atoms with van der Waals surface area (Å²) in [5.74, 6) is 1.25. The van der Waals surface area contributed by atoms with Crippen LogP contribution in [0.4, 0.5) is 0 Å². The van der Waals surface area contributed by atoms with Crippen LogP contribution < -0.4 is 5.32 Å². The van der Waals surface area contributed by atoms with Crippen LogP contribution in [0.1, 0.15) is 42.8 Å². The number of nitrogens with one attached hydrogen (secondary N) is 1. The predicted molar refractivity (Wildman–Crippen MR) is 72.5 cm³/mol. The molecular formula is C15H20N2O. The summed E-state index contributed by atoms with van der Waals surface area (Å²) in [5.41, 5.74) is 2.29. The molecule has 3 nitrogen and oxygen atoms in total. The van der Waals surface area contributed by atoms with E-state index in [1.807, 2.05) is 31.5 Å². The van der Waals surface area contributed by atoms with E-state index in [-0.39, 0.29) is 6.04 Å². The first kappa shape index (κ1) is 12.8. The van der Waals surface area contributed by atoms with Gasteiger partial charge in [-0.2, -0.15) is 0 Å². The van der Waals surface area contributed by atoms with Gasteiger partial charge in [0.25, 0.3) is 0 Å². The van der Waals surface area contributed by atoms with Gasteiger partial charge in [0, 0.05) is 29.4 Å². The average Bonchev–Trinajstić information content (AvgIpc) is 2.82. The Bertz CT molecular complexity index is 478. The van der Waals surface area contributed by atoms with E-state index in [4.69, 9.17) is 4.42 Å². The first-order chi connectivity index (χ1) is 8.72. The minimum Gasteiger partial charge on any atom is -0.469 e. The summed E-state index contributed by atoms with van der Waals surface area (Å²) in [5, 5.41) is 3.51. The number of hydrogen-bond acceptors (Lipinski definition) is 3.